The van der Waals surface area contributed by atoms with Gasteiger partial charge in [-0.25, -0.2) is 4.98 Å². The van der Waals surface area contributed by atoms with E-state index in [9.17, 15) is 14.9 Å². The number of nitrogens with zero attached hydrogens (tertiary/aromatic N) is 2. The van der Waals surface area contributed by atoms with Crippen molar-refractivity contribution in [1.82, 2.24) is 4.98 Å². The number of nitro groups is 1. The van der Waals surface area contributed by atoms with Gasteiger partial charge in [0.05, 0.1) is 11.3 Å². The quantitative estimate of drug-likeness (QED) is 0.624. The predicted octanol–water partition coefficient (Wildman–Crippen LogP) is 2.11. The van der Waals surface area contributed by atoms with Crippen LogP contribution < -0.4 is 5.32 Å². The van der Waals surface area contributed by atoms with Gasteiger partial charge in [0.25, 0.3) is 5.69 Å². The van der Waals surface area contributed by atoms with Gasteiger partial charge in [0.1, 0.15) is 12.0 Å². The Balaban J connectivity index is 2.17. The zero-order valence-corrected chi connectivity index (χ0v) is 10.5. The van der Waals surface area contributed by atoms with Crippen molar-refractivity contribution in [3.63, 3.8) is 0 Å². The van der Waals surface area contributed by atoms with Gasteiger partial charge >= 0.3 is 5.97 Å². The molecule has 1 aromatic rings. The molecule has 2 rings (SSSR count). The molecular weight excluding hydrogens is 250 g/mol. The second kappa shape index (κ2) is 4.83. The van der Waals surface area contributed by atoms with E-state index in [1.54, 1.807) is 13.0 Å². The predicted molar refractivity (Wildman–Crippen MR) is 68.1 cm³/mol. The van der Waals surface area contributed by atoms with Gasteiger partial charge in [-0.2, -0.15) is 0 Å². The highest BCUT2D eigenvalue weighted by Crippen LogP contribution is 2.38. The van der Waals surface area contributed by atoms with Crippen LogP contribution in [0.5, 0.6) is 0 Å². The molecule has 0 unspecified atom stereocenters. The van der Waals surface area contributed by atoms with Crippen molar-refractivity contribution in [2.24, 2.45) is 0 Å². The summed E-state index contributed by atoms with van der Waals surface area (Å²) in [6, 6.07) is 1.58. The number of aryl methyl sites for hydroxylation is 1. The fourth-order valence-corrected chi connectivity index (χ4v) is 2.32. The number of nitrogens with one attached hydrogen (secondary N) is 1. The number of aromatic nitrogens is 1. The first-order chi connectivity index (χ1) is 8.92. The zero-order valence-electron chi connectivity index (χ0n) is 10.5. The Morgan fingerprint density at radius 1 is 1.63 bits per heavy atom. The monoisotopic (exact) mass is 265 g/mol. The molecule has 1 aromatic heterocycles. The summed E-state index contributed by atoms with van der Waals surface area (Å²) in [5.74, 6) is -0.366. The summed E-state index contributed by atoms with van der Waals surface area (Å²) in [4.78, 5) is 25.1. The molecule has 0 saturated heterocycles. The van der Waals surface area contributed by atoms with Gasteiger partial charge < -0.3 is 10.4 Å². The van der Waals surface area contributed by atoms with Crippen LogP contribution in [0.4, 0.5) is 11.5 Å². The van der Waals surface area contributed by atoms with E-state index in [-0.39, 0.29) is 12.1 Å². The summed E-state index contributed by atoms with van der Waals surface area (Å²) >= 11 is 0. The molecule has 1 aliphatic carbocycles. The minimum absolute atomic E-state index is 0.0325. The molecule has 7 nitrogen and oxygen atoms in total. The molecule has 0 atom stereocenters. The van der Waals surface area contributed by atoms with E-state index >= 15 is 0 Å². The topological polar surface area (TPSA) is 105 Å². The van der Waals surface area contributed by atoms with Crippen molar-refractivity contribution < 1.29 is 14.8 Å². The molecule has 1 fully saturated rings. The summed E-state index contributed by atoms with van der Waals surface area (Å²) in [5, 5.41) is 22.7. The van der Waals surface area contributed by atoms with Crippen LogP contribution >= 0.6 is 0 Å². The fourth-order valence-electron chi connectivity index (χ4n) is 2.32. The van der Waals surface area contributed by atoms with Crippen LogP contribution in [0.1, 0.15) is 31.2 Å². The SMILES string of the molecule is Cc1cc(NC2(CC(=O)O)CCC2)ncc1[N+](=O)[O-]. The van der Waals surface area contributed by atoms with Crippen molar-refractivity contribution in [3.05, 3.63) is 27.9 Å². The lowest BCUT2D eigenvalue weighted by molar-refractivity contribution is -0.385. The number of anilines is 1. The highest BCUT2D eigenvalue weighted by Gasteiger charge is 2.39. The largest absolute Gasteiger partial charge is 0.481 e. The molecule has 1 aliphatic rings. The third-order valence-corrected chi connectivity index (χ3v) is 3.47. The molecule has 1 heterocycles. The van der Waals surface area contributed by atoms with Gasteiger partial charge in [0.2, 0.25) is 0 Å². The van der Waals surface area contributed by atoms with E-state index < -0.39 is 16.4 Å². The molecule has 19 heavy (non-hydrogen) atoms. The van der Waals surface area contributed by atoms with Crippen molar-refractivity contribution in [2.45, 2.75) is 38.1 Å². The van der Waals surface area contributed by atoms with Crippen molar-refractivity contribution in [1.29, 1.82) is 0 Å². The number of carbonyl (C=O) groups is 1. The number of pyridine rings is 1. The summed E-state index contributed by atoms with van der Waals surface area (Å²) in [6.07, 6.45) is 3.76. The van der Waals surface area contributed by atoms with Crippen LogP contribution in [-0.2, 0) is 4.79 Å². The van der Waals surface area contributed by atoms with E-state index in [4.69, 9.17) is 5.11 Å². The fraction of sp³-hybridized carbons (Fsp3) is 0.500. The van der Waals surface area contributed by atoms with Crippen LogP contribution in [0.25, 0.3) is 0 Å². The first-order valence-corrected chi connectivity index (χ1v) is 6.03. The lowest BCUT2D eigenvalue weighted by Gasteiger charge is -2.41. The van der Waals surface area contributed by atoms with Gasteiger partial charge in [-0.1, -0.05) is 0 Å². The average molecular weight is 265 g/mol. The number of hydrogen-bond acceptors (Lipinski definition) is 5. The van der Waals surface area contributed by atoms with E-state index in [1.807, 2.05) is 0 Å². The van der Waals surface area contributed by atoms with Gasteiger partial charge in [-0.05, 0) is 32.3 Å². The van der Waals surface area contributed by atoms with Gasteiger partial charge in [0, 0.05) is 11.1 Å². The summed E-state index contributed by atoms with van der Waals surface area (Å²) < 4.78 is 0. The Bertz CT molecular complexity index is 526. The van der Waals surface area contributed by atoms with Crippen LogP contribution in [0.3, 0.4) is 0 Å². The lowest BCUT2D eigenvalue weighted by Crippen LogP contribution is -2.47. The Kier molecular flexibility index (Phi) is 3.37. The molecule has 1 saturated carbocycles. The molecule has 0 spiro atoms. The van der Waals surface area contributed by atoms with Crippen molar-refractivity contribution in [3.8, 4) is 0 Å². The molecule has 102 valence electrons. The molecule has 0 aromatic carbocycles. The second-order valence-electron chi connectivity index (χ2n) is 4.94. The van der Waals surface area contributed by atoms with E-state index in [0.29, 0.717) is 11.4 Å². The lowest BCUT2D eigenvalue weighted by atomic mass is 9.74. The van der Waals surface area contributed by atoms with Gasteiger partial charge in [0.15, 0.2) is 0 Å². The summed E-state index contributed by atoms with van der Waals surface area (Å²) in [7, 11) is 0. The Morgan fingerprint density at radius 2 is 2.32 bits per heavy atom. The van der Waals surface area contributed by atoms with Crippen LogP contribution in [0.15, 0.2) is 12.3 Å². The highest BCUT2D eigenvalue weighted by molar-refractivity contribution is 5.69. The molecular formula is C12H15N3O4. The highest BCUT2D eigenvalue weighted by atomic mass is 16.6. The normalized spacial score (nSPS) is 16.5. The first-order valence-electron chi connectivity index (χ1n) is 6.03. The minimum Gasteiger partial charge on any atom is -0.481 e. The van der Waals surface area contributed by atoms with E-state index in [0.717, 1.165) is 19.3 Å². The standard InChI is InChI=1S/C12H15N3O4/c1-8-5-10(13-7-9(8)15(18)19)14-12(3-2-4-12)6-11(16)17/h5,7H,2-4,6H2,1H3,(H,13,14)(H,16,17). The molecule has 0 aliphatic heterocycles. The van der Waals surface area contributed by atoms with Crippen LogP contribution in [0, 0.1) is 17.0 Å². The van der Waals surface area contributed by atoms with Crippen LogP contribution in [-0.4, -0.2) is 26.5 Å². The van der Waals surface area contributed by atoms with E-state index in [1.165, 1.54) is 6.20 Å². The van der Waals surface area contributed by atoms with Crippen LogP contribution in [0.2, 0.25) is 0 Å². The Morgan fingerprint density at radius 3 is 2.74 bits per heavy atom. The van der Waals surface area contributed by atoms with Gasteiger partial charge in [-0.3, -0.25) is 14.9 Å². The Hall–Kier alpha value is -2.18. The third kappa shape index (κ3) is 2.81. The van der Waals surface area contributed by atoms with Crippen molar-refractivity contribution in [2.75, 3.05) is 5.32 Å². The molecule has 0 radical (unpaired) electrons. The maximum Gasteiger partial charge on any atom is 0.305 e. The maximum atomic E-state index is 10.9. The molecule has 0 amide bonds. The number of carboxylic acid groups (broad SMARTS) is 1. The minimum atomic E-state index is -0.856. The maximum absolute atomic E-state index is 10.9. The molecule has 7 heteroatoms. The number of hydrogen-bond donors (Lipinski definition) is 2. The average Bonchev–Trinajstić information content (AvgIpc) is 2.25. The number of aliphatic carboxylic acids is 1. The Labute approximate surface area is 109 Å². The smallest absolute Gasteiger partial charge is 0.305 e. The number of carboxylic acids is 1. The number of rotatable bonds is 5. The van der Waals surface area contributed by atoms with Gasteiger partial charge in [-0.15, -0.1) is 0 Å². The first kappa shape index (κ1) is 13.3. The summed E-state index contributed by atoms with van der Waals surface area (Å²) in [5.41, 5.74) is 0.0141. The van der Waals surface area contributed by atoms with E-state index in [2.05, 4.69) is 10.3 Å². The van der Waals surface area contributed by atoms with Crippen molar-refractivity contribution >= 4 is 17.5 Å². The second-order valence-corrected chi connectivity index (χ2v) is 4.94. The third-order valence-electron chi connectivity index (χ3n) is 3.47. The molecule has 0 bridgehead atoms. The summed E-state index contributed by atoms with van der Waals surface area (Å²) in [6.45, 7) is 1.63. The zero-order chi connectivity index (χ0) is 14.0. The molecule has 2 N–H and O–H groups in total.